The molecular weight excluding hydrogens is 344 g/mol. The highest BCUT2D eigenvalue weighted by molar-refractivity contribution is 7.16. The number of carbonyl (C=O) groups is 2. The van der Waals surface area contributed by atoms with Crippen molar-refractivity contribution in [3.63, 3.8) is 0 Å². The van der Waals surface area contributed by atoms with Gasteiger partial charge in [-0.05, 0) is 30.5 Å². The molecule has 1 aliphatic heterocycles. The van der Waals surface area contributed by atoms with Crippen LogP contribution < -0.4 is 5.32 Å². The molecule has 1 saturated heterocycles. The van der Waals surface area contributed by atoms with Gasteiger partial charge in [0.1, 0.15) is 0 Å². The Balaban J connectivity index is 1.66. The fraction of sp³-hybridized carbons (Fsp3) is 0.412. The van der Waals surface area contributed by atoms with Gasteiger partial charge in [0.05, 0.1) is 29.0 Å². The summed E-state index contributed by atoms with van der Waals surface area (Å²) >= 11 is 2.95. The van der Waals surface area contributed by atoms with Crippen molar-refractivity contribution in [1.82, 2.24) is 10.2 Å². The molecule has 0 spiro atoms. The molecular formula is C17H20N2O3S2. The summed E-state index contributed by atoms with van der Waals surface area (Å²) in [5, 5.41) is 5.08. The predicted octanol–water partition coefficient (Wildman–Crippen LogP) is 2.82. The van der Waals surface area contributed by atoms with E-state index in [1.54, 1.807) is 23.5 Å². The first-order valence-electron chi connectivity index (χ1n) is 7.89. The highest BCUT2D eigenvalue weighted by Gasteiger charge is 2.24. The number of morpholine rings is 1. The lowest BCUT2D eigenvalue weighted by Gasteiger charge is -2.34. The van der Waals surface area contributed by atoms with Crippen molar-refractivity contribution in [2.75, 3.05) is 32.8 Å². The summed E-state index contributed by atoms with van der Waals surface area (Å²) in [4.78, 5) is 28.5. The molecule has 1 fully saturated rings. The SMILES string of the molecule is CC(=O)c1ccc(C(=O)NC[C@H](c2cccs2)N2CCOCC2)s1. The number of nitrogens with zero attached hydrogens (tertiary/aromatic N) is 1. The van der Waals surface area contributed by atoms with E-state index in [1.165, 1.54) is 23.1 Å². The quantitative estimate of drug-likeness (QED) is 0.801. The lowest BCUT2D eigenvalue weighted by atomic mass is 10.2. The van der Waals surface area contributed by atoms with Crippen LogP contribution in [0.2, 0.25) is 0 Å². The summed E-state index contributed by atoms with van der Waals surface area (Å²) in [6.07, 6.45) is 0. The van der Waals surface area contributed by atoms with Gasteiger partial charge in [0.15, 0.2) is 5.78 Å². The Labute approximate surface area is 149 Å². The molecule has 1 aliphatic rings. The first-order chi connectivity index (χ1) is 11.6. The van der Waals surface area contributed by atoms with Crippen molar-refractivity contribution in [3.8, 4) is 0 Å². The van der Waals surface area contributed by atoms with Gasteiger partial charge in [0.2, 0.25) is 0 Å². The molecule has 1 atom stereocenters. The smallest absolute Gasteiger partial charge is 0.261 e. The van der Waals surface area contributed by atoms with Crippen molar-refractivity contribution >= 4 is 34.4 Å². The highest BCUT2D eigenvalue weighted by atomic mass is 32.1. The molecule has 2 aromatic heterocycles. The average Bonchev–Trinajstić information content (AvgIpc) is 3.28. The zero-order valence-corrected chi connectivity index (χ0v) is 15.1. The van der Waals surface area contributed by atoms with Gasteiger partial charge < -0.3 is 10.1 Å². The molecule has 0 saturated carbocycles. The van der Waals surface area contributed by atoms with Crippen molar-refractivity contribution in [1.29, 1.82) is 0 Å². The van der Waals surface area contributed by atoms with Crippen LogP contribution in [0.15, 0.2) is 29.6 Å². The highest BCUT2D eigenvalue weighted by Crippen LogP contribution is 2.25. The number of Topliss-reactive ketones (excluding diaryl/α,β-unsaturated/α-hetero) is 1. The summed E-state index contributed by atoms with van der Waals surface area (Å²) < 4.78 is 5.43. The Morgan fingerprint density at radius 2 is 2.00 bits per heavy atom. The Bertz CT molecular complexity index is 691. The van der Waals surface area contributed by atoms with Crippen molar-refractivity contribution in [2.45, 2.75) is 13.0 Å². The minimum atomic E-state index is -0.123. The predicted molar refractivity (Wildman–Crippen MR) is 96.1 cm³/mol. The largest absolute Gasteiger partial charge is 0.379 e. The Morgan fingerprint density at radius 1 is 1.25 bits per heavy atom. The first-order valence-corrected chi connectivity index (χ1v) is 9.59. The molecule has 0 radical (unpaired) electrons. The van der Waals surface area contributed by atoms with Crippen LogP contribution in [0.5, 0.6) is 0 Å². The molecule has 24 heavy (non-hydrogen) atoms. The number of ether oxygens (including phenoxy) is 1. The molecule has 3 rings (SSSR count). The number of nitrogens with one attached hydrogen (secondary N) is 1. The van der Waals surface area contributed by atoms with Crippen LogP contribution in [0, 0.1) is 0 Å². The molecule has 5 nitrogen and oxygen atoms in total. The summed E-state index contributed by atoms with van der Waals surface area (Å²) in [5.74, 6) is -0.133. The van der Waals surface area contributed by atoms with E-state index in [1.807, 2.05) is 6.07 Å². The summed E-state index contributed by atoms with van der Waals surface area (Å²) in [6, 6.07) is 7.72. The van der Waals surface area contributed by atoms with Crippen molar-refractivity contribution in [3.05, 3.63) is 44.3 Å². The molecule has 7 heteroatoms. The average molecular weight is 364 g/mol. The van der Waals surface area contributed by atoms with Gasteiger partial charge in [-0.2, -0.15) is 0 Å². The number of hydrogen-bond acceptors (Lipinski definition) is 6. The van der Waals surface area contributed by atoms with E-state index in [0.29, 0.717) is 16.3 Å². The third kappa shape index (κ3) is 4.10. The van der Waals surface area contributed by atoms with Crippen LogP contribution in [0.3, 0.4) is 0 Å². The molecule has 128 valence electrons. The second-order valence-electron chi connectivity index (χ2n) is 5.61. The molecule has 2 aromatic rings. The van der Waals surface area contributed by atoms with E-state index < -0.39 is 0 Å². The van der Waals surface area contributed by atoms with Crippen LogP contribution in [0.25, 0.3) is 0 Å². The number of amides is 1. The topological polar surface area (TPSA) is 58.6 Å². The maximum atomic E-state index is 12.4. The van der Waals surface area contributed by atoms with Gasteiger partial charge in [-0.15, -0.1) is 22.7 Å². The van der Waals surface area contributed by atoms with E-state index in [9.17, 15) is 9.59 Å². The standard InChI is InChI=1S/C17H20N2O3S2/c1-12(20)14-4-5-16(24-14)17(21)18-11-13(15-3-2-10-23-15)19-6-8-22-9-7-19/h2-5,10,13H,6-9,11H2,1H3,(H,18,21)/t13-/m1/s1. The molecule has 0 aliphatic carbocycles. The van der Waals surface area contributed by atoms with Gasteiger partial charge in [-0.1, -0.05) is 6.07 Å². The van der Waals surface area contributed by atoms with E-state index in [2.05, 4.69) is 21.7 Å². The summed E-state index contributed by atoms with van der Waals surface area (Å²) in [7, 11) is 0. The monoisotopic (exact) mass is 364 g/mol. The molecule has 0 aromatic carbocycles. The lowest BCUT2D eigenvalue weighted by molar-refractivity contribution is 0.0169. The maximum absolute atomic E-state index is 12.4. The first kappa shape index (κ1) is 17.3. The minimum absolute atomic E-state index is 0.0103. The number of ketones is 1. The molecule has 1 amide bonds. The fourth-order valence-corrected chi connectivity index (χ4v) is 4.38. The zero-order chi connectivity index (χ0) is 16.9. The third-order valence-electron chi connectivity index (χ3n) is 3.99. The normalized spacial score (nSPS) is 16.7. The Kier molecular flexibility index (Phi) is 5.78. The van der Waals surface area contributed by atoms with Crippen LogP contribution in [0.1, 0.15) is 37.2 Å². The number of carbonyl (C=O) groups excluding carboxylic acids is 2. The van der Waals surface area contributed by atoms with Crippen LogP contribution in [0.4, 0.5) is 0 Å². The Hall–Kier alpha value is -1.54. The van der Waals surface area contributed by atoms with Gasteiger partial charge in [0, 0.05) is 24.5 Å². The van der Waals surface area contributed by atoms with E-state index >= 15 is 0 Å². The van der Waals surface area contributed by atoms with Crippen molar-refractivity contribution < 1.29 is 14.3 Å². The van der Waals surface area contributed by atoms with E-state index in [0.717, 1.165) is 26.3 Å². The van der Waals surface area contributed by atoms with Crippen molar-refractivity contribution in [2.24, 2.45) is 0 Å². The van der Waals surface area contributed by atoms with Crippen LogP contribution in [-0.4, -0.2) is 49.4 Å². The molecule has 0 bridgehead atoms. The lowest BCUT2D eigenvalue weighted by Crippen LogP contribution is -2.43. The number of thiophene rings is 2. The molecule has 0 unspecified atom stereocenters. The number of hydrogen-bond donors (Lipinski definition) is 1. The zero-order valence-electron chi connectivity index (χ0n) is 13.5. The third-order valence-corrected chi connectivity index (χ3v) is 6.15. The maximum Gasteiger partial charge on any atom is 0.261 e. The van der Waals surface area contributed by atoms with Gasteiger partial charge in [-0.3, -0.25) is 14.5 Å². The van der Waals surface area contributed by atoms with Gasteiger partial charge in [0.25, 0.3) is 5.91 Å². The molecule has 1 N–H and O–H groups in total. The van der Waals surface area contributed by atoms with E-state index in [-0.39, 0.29) is 17.7 Å². The van der Waals surface area contributed by atoms with Crippen LogP contribution in [-0.2, 0) is 4.74 Å². The number of rotatable bonds is 6. The fourth-order valence-electron chi connectivity index (χ4n) is 2.71. The van der Waals surface area contributed by atoms with Crippen LogP contribution >= 0.6 is 22.7 Å². The van der Waals surface area contributed by atoms with Gasteiger partial charge in [-0.25, -0.2) is 0 Å². The minimum Gasteiger partial charge on any atom is -0.379 e. The van der Waals surface area contributed by atoms with Gasteiger partial charge >= 0.3 is 0 Å². The second kappa shape index (κ2) is 8.02. The van der Waals surface area contributed by atoms with E-state index in [4.69, 9.17) is 4.74 Å². The Morgan fingerprint density at radius 3 is 2.62 bits per heavy atom. The molecule has 3 heterocycles. The summed E-state index contributed by atoms with van der Waals surface area (Å²) in [6.45, 7) is 5.24. The second-order valence-corrected chi connectivity index (χ2v) is 7.67. The summed E-state index contributed by atoms with van der Waals surface area (Å²) in [5.41, 5.74) is 0.